The van der Waals surface area contributed by atoms with E-state index in [4.69, 9.17) is 51.1 Å². The van der Waals surface area contributed by atoms with E-state index in [1.54, 1.807) is 30.3 Å². The van der Waals surface area contributed by atoms with Crippen molar-refractivity contribution < 1.29 is 9.53 Å². The lowest BCUT2D eigenvalue weighted by Gasteiger charge is -2.09. The lowest BCUT2D eigenvalue weighted by molar-refractivity contribution is 0.0922. The molecule has 0 spiro atoms. The molecule has 104 valence electrons. The fourth-order valence-electron chi connectivity index (χ4n) is 1.55. The molecule has 0 heterocycles. The summed E-state index contributed by atoms with van der Waals surface area (Å²) in [6, 6.07) is 9.58. The summed E-state index contributed by atoms with van der Waals surface area (Å²) in [5.41, 5.74) is 0.333. The van der Waals surface area contributed by atoms with Crippen LogP contribution in [0.4, 0.5) is 0 Å². The molecular formula is C14H8Cl4O2. The van der Waals surface area contributed by atoms with Crippen molar-refractivity contribution in [2.24, 2.45) is 0 Å². The molecule has 0 unspecified atom stereocenters. The molecule has 0 N–H and O–H groups in total. The minimum absolute atomic E-state index is 0.217. The Hall–Kier alpha value is -0.930. The van der Waals surface area contributed by atoms with Gasteiger partial charge in [0.25, 0.3) is 0 Å². The molecule has 0 atom stereocenters. The van der Waals surface area contributed by atoms with Gasteiger partial charge in [0.05, 0.1) is 15.1 Å². The molecular weight excluding hydrogens is 342 g/mol. The summed E-state index contributed by atoms with van der Waals surface area (Å²) in [6.07, 6.45) is 0. The number of hydrogen-bond donors (Lipinski definition) is 0. The molecule has 0 aromatic heterocycles. The monoisotopic (exact) mass is 348 g/mol. The van der Waals surface area contributed by atoms with Gasteiger partial charge in [-0.25, -0.2) is 0 Å². The highest BCUT2D eigenvalue weighted by Gasteiger charge is 2.14. The zero-order valence-electron chi connectivity index (χ0n) is 10.00. The Morgan fingerprint density at radius 1 is 0.950 bits per heavy atom. The molecule has 0 saturated carbocycles. The average molecular weight is 350 g/mol. The molecule has 2 rings (SSSR count). The number of carbonyl (C=O) groups is 1. The Kier molecular flexibility index (Phi) is 5.17. The molecule has 0 aliphatic heterocycles. The molecule has 20 heavy (non-hydrogen) atoms. The van der Waals surface area contributed by atoms with E-state index < -0.39 is 0 Å². The molecule has 0 saturated heterocycles. The third-order valence-corrected chi connectivity index (χ3v) is 3.64. The SMILES string of the molecule is O=C(COc1c(Cl)cccc1Cl)c1ccc(Cl)cc1Cl. The zero-order chi connectivity index (χ0) is 14.7. The predicted octanol–water partition coefficient (Wildman–Crippen LogP) is 5.56. The van der Waals surface area contributed by atoms with Gasteiger partial charge in [0, 0.05) is 10.6 Å². The van der Waals surface area contributed by atoms with Crippen LogP contribution in [0.5, 0.6) is 5.75 Å². The molecule has 0 aliphatic carbocycles. The zero-order valence-corrected chi connectivity index (χ0v) is 13.0. The maximum absolute atomic E-state index is 12.0. The molecule has 0 amide bonds. The van der Waals surface area contributed by atoms with Gasteiger partial charge in [-0.2, -0.15) is 0 Å². The van der Waals surface area contributed by atoms with Gasteiger partial charge in [0.2, 0.25) is 5.78 Å². The minimum atomic E-state index is -0.289. The van der Waals surface area contributed by atoms with Crippen LogP contribution in [-0.4, -0.2) is 12.4 Å². The average Bonchev–Trinajstić information content (AvgIpc) is 2.37. The first-order chi connectivity index (χ1) is 9.49. The number of ketones is 1. The molecule has 0 radical (unpaired) electrons. The van der Waals surface area contributed by atoms with Crippen molar-refractivity contribution in [1.29, 1.82) is 0 Å². The van der Waals surface area contributed by atoms with Crippen molar-refractivity contribution in [3.8, 4) is 5.75 Å². The van der Waals surface area contributed by atoms with Gasteiger partial charge in [-0.05, 0) is 30.3 Å². The van der Waals surface area contributed by atoms with Crippen LogP contribution in [0.15, 0.2) is 36.4 Å². The second-order valence-electron chi connectivity index (χ2n) is 3.89. The highest BCUT2D eigenvalue weighted by molar-refractivity contribution is 6.37. The maximum atomic E-state index is 12.0. The number of ether oxygens (including phenoxy) is 1. The second-order valence-corrected chi connectivity index (χ2v) is 5.54. The largest absolute Gasteiger partial charge is 0.482 e. The van der Waals surface area contributed by atoms with Gasteiger partial charge in [0.1, 0.15) is 0 Å². The van der Waals surface area contributed by atoms with E-state index in [0.29, 0.717) is 20.6 Å². The molecule has 2 nitrogen and oxygen atoms in total. The van der Waals surface area contributed by atoms with E-state index in [1.807, 2.05) is 0 Å². The van der Waals surface area contributed by atoms with Crippen LogP contribution in [-0.2, 0) is 0 Å². The van der Waals surface area contributed by atoms with Crippen molar-refractivity contribution in [2.75, 3.05) is 6.61 Å². The number of Topliss-reactive ketones (excluding diaryl/α,β-unsaturated/α-hetero) is 1. The molecule has 2 aromatic carbocycles. The Balaban J connectivity index is 2.13. The van der Waals surface area contributed by atoms with Gasteiger partial charge >= 0.3 is 0 Å². The quantitative estimate of drug-likeness (QED) is 0.675. The van der Waals surface area contributed by atoms with Crippen molar-refractivity contribution in [2.45, 2.75) is 0 Å². The Bertz CT molecular complexity index is 635. The minimum Gasteiger partial charge on any atom is -0.482 e. The van der Waals surface area contributed by atoms with Crippen LogP contribution in [0, 0.1) is 0 Å². The van der Waals surface area contributed by atoms with Crippen molar-refractivity contribution in [3.63, 3.8) is 0 Å². The number of carbonyl (C=O) groups excluding carboxylic acids is 1. The normalized spacial score (nSPS) is 10.4. The van der Waals surface area contributed by atoms with E-state index in [-0.39, 0.29) is 23.2 Å². The first-order valence-electron chi connectivity index (χ1n) is 5.54. The van der Waals surface area contributed by atoms with Gasteiger partial charge in [-0.1, -0.05) is 52.5 Å². The topological polar surface area (TPSA) is 26.3 Å². The highest BCUT2D eigenvalue weighted by Crippen LogP contribution is 2.32. The Labute approximate surface area is 136 Å². The van der Waals surface area contributed by atoms with Crippen LogP contribution in [0.2, 0.25) is 20.1 Å². The van der Waals surface area contributed by atoms with Crippen LogP contribution in [0.3, 0.4) is 0 Å². The lowest BCUT2D eigenvalue weighted by atomic mass is 10.1. The Morgan fingerprint density at radius 2 is 1.60 bits per heavy atom. The molecule has 6 heteroatoms. The maximum Gasteiger partial charge on any atom is 0.201 e. The van der Waals surface area contributed by atoms with Crippen LogP contribution < -0.4 is 4.74 Å². The summed E-state index contributed by atoms with van der Waals surface area (Å²) < 4.78 is 5.36. The van der Waals surface area contributed by atoms with Crippen molar-refractivity contribution >= 4 is 52.2 Å². The summed E-state index contributed by atoms with van der Waals surface area (Å²) in [6.45, 7) is -0.217. The number of halogens is 4. The van der Waals surface area contributed by atoms with Gasteiger partial charge in [0.15, 0.2) is 12.4 Å². The second kappa shape index (κ2) is 6.68. The fraction of sp³-hybridized carbons (Fsp3) is 0.0714. The predicted molar refractivity (Wildman–Crippen MR) is 82.7 cm³/mol. The van der Waals surface area contributed by atoms with E-state index in [0.717, 1.165) is 0 Å². The molecule has 0 aliphatic rings. The first kappa shape index (κ1) is 15.5. The van der Waals surface area contributed by atoms with E-state index in [2.05, 4.69) is 0 Å². The van der Waals surface area contributed by atoms with Gasteiger partial charge < -0.3 is 4.74 Å². The highest BCUT2D eigenvalue weighted by atomic mass is 35.5. The van der Waals surface area contributed by atoms with E-state index in [9.17, 15) is 4.79 Å². The fourth-order valence-corrected chi connectivity index (χ4v) is 2.57. The number of benzene rings is 2. The Morgan fingerprint density at radius 3 is 2.20 bits per heavy atom. The lowest BCUT2D eigenvalue weighted by Crippen LogP contribution is -2.12. The summed E-state index contributed by atoms with van der Waals surface area (Å²) in [5, 5.41) is 1.41. The number of hydrogen-bond acceptors (Lipinski definition) is 2. The smallest absolute Gasteiger partial charge is 0.201 e. The summed E-state index contributed by atoms with van der Waals surface area (Å²) in [7, 11) is 0. The van der Waals surface area contributed by atoms with Crippen LogP contribution in [0.25, 0.3) is 0 Å². The summed E-state index contributed by atoms with van der Waals surface area (Å²) in [4.78, 5) is 12.0. The van der Waals surface area contributed by atoms with Crippen LogP contribution >= 0.6 is 46.4 Å². The standard InChI is InChI=1S/C14H8Cl4O2/c15-8-4-5-9(12(18)6-8)13(19)7-20-14-10(16)2-1-3-11(14)17/h1-6H,7H2. The third-order valence-electron chi connectivity index (χ3n) is 2.50. The molecule has 0 fully saturated rings. The third kappa shape index (κ3) is 3.58. The summed E-state index contributed by atoms with van der Waals surface area (Å²) >= 11 is 23.6. The van der Waals surface area contributed by atoms with Crippen molar-refractivity contribution in [3.05, 3.63) is 62.1 Å². The van der Waals surface area contributed by atoms with Gasteiger partial charge in [-0.15, -0.1) is 0 Å². The van der Waals surface area contributed by atoms with E-state index in [1.165, 1.54) is 6.07 Å². The molecule has 2 aromatic rings. The van der Waals surface area contributed by atoms with E-state index >= 15 is 0 Å². The van der Waals surface area contributed by atoms with Crippen molar-refractivity contribution in [1.82, 2.24) is 0 Å². The number of rotatable bonds is 4. The van der Waals surface area contributed by atoms with Crippen LogP contribution in [0.1, 0.15) is 10.4 Å². The van der Waals surface area contributed by atoms with Gasteiger partial charge in [-0.3, -0.25) is 4.79 Å². The first-order valence-corrected chi connectivity index (χ1v) is 7.05. The summed E-state index contributed by atoms with van der Waals surface area (Å²) in [5.74, 6) is -0.0167. The molecule has 0 bridgehead atoms. The number of para-hydroxylation sites is 1.